The van der Waals surface area contributed by atoms with Crippen LogP contribution < -0.4 is 10.6 Å². The summed E-state index contributed by atoms with van der Waals surface area (Å²) in [5.41, 5.74) is 5.04. The lowest BCUT2D eigenvalue weighted by Gasteiger charge is -2.34. The molecule has 0 aliphatic heterocycles. The molecule has 2 aliphatic carbocycles. The Balaban J connectivity index is 1.11. The molecule has 0 saturated heterocycles. The second kappa shape index (κ2) is 9.43. The highest BCUT2D eigenvalue weighted by atomic mass is 35.5. The van der Waals surface area contributed by atoms with Crippen molar-refractivity contribution in [2.45, 2.75) is 24.8 Å². The number of carboxylic acid groups (broad SMARTS) is 1. The Morgan fingerprint density at radius 3 is 2.17 bits per heavy atom. The number of anilines is 1. The largest absolute Gasteiger partial charge is 0.478 e. The van der Waals surface area contributed by atoms with Crippen molar-refractivity contribution < 1.29 is 24.2 Å². The number of hydrogen-bond acceptors (Lipinski definition) is 4. The number of ether oxygens (including phenoxy) is 1. The fourth-order valence-corrected chi connectivity index (χ4v) is 5.03. The normalized spacial score (nSPS) is 18.1. The maximum absolute atomic E-state index is 12.5. The van der Waals surface area contributed by atoms with Crippen molar-refractivity contribution in [1.29, 1.82) is 0 Å². The average molecular weight is 491 g/mol. The zero-order valence-electron chi connectivity index (χ0n) is 18.7. The number of carbonyl (C=O) groups is 3. The Hall–Kier alpha value is -3.84. The number of halogens is 1. The summed E-state index contributed by atoms with van der Waals surface area (Å²) in [6.07, 6.45) is 0.500. The van der Waals surface area contributed by atoms with Crippen molar-refractivity contribution in [1.82, 2.24) is 5.32 Å². The van der Waals surface area contributed by atoms with E-state index in [4.69, 9.17) is 21.4 Å². The van der Waals surface area contributed by atoms with Gasteiger partial charge in [-0.1, -0.05) is 60.1 Å². The molecule has 2 amide bonds. The molecular weight excluding hydrogens is 468 g/mol. The van der Waals surface area contributed by atoms with Crippen LogP contribution >= 0.6 is 11.6 Å². The van der Waals surface area contributed by atoms with E-state index in [9.17, 15) is 14.4 Å². The van der Waals surface area contributed by atoms with Gasteiger partial charge in [-0.15, -0.1) is 0 Å². The van der Waals surface area contributed by atoms with Gasteiger partial charge in [0.05, 0.1) is 10.6 Å². The van der Waals surface area contributed by atoms with Gasteiger partial charge in [0.2, 0.25) is 5.91 Å². The first-order valence-electron chi connectivity index (χ1n) is 11.4. The summed E-state index contributed by atoms with van der Waals surface area (Å²) in [5, 5.41) is 14.7. The van der Waals surface area contributed by atoms with Crippen molar-refractivity contribution in [2.24, 2.45) is 5.92 Å². The van der Waals surface area contributed by atoms with Gasteiger partial charge in [0.1, 0.15) is 6.61 Å². The highest BCUT2D eigenvalue weighted by molar-refractivity contribution is 6.33. The summed E-state index contributed by atoms with van der Waals surface area (Å²) >= 11 is 5.95. The number of fused-ring (bicyclic) bond motifs is 3. The summed E-state index contributed by atoms with van der Waals surface area (Å²) < 4.78 is 5.57. The predicted octanol–water partition coefficient (Wildman–Crippen LogP) is 5.29. The molecule has 0 aromatic heterocycles. The molecule has 0 radical (unpaired) electrons. The summed E-state index contributed by atoms with van der Waals surface area (Å²) in [6.45, 7) is 0.240. The molecule has 0 heterocycles. The second-order valence-electron chi connectivity index (χ2n) is 8.82. The molecule has 0 unspecified atom stereocenters. The third kappa shape index (κ3) is 4.59. The van der Waals surface area contributed by atoms with Crippen LogP contribution in [0.25, 0.3) is 11.1 Å². The first-order chi connectivity index (χ1) is 16.9. The van der Waals surface area contributed by atoms with E-state index in [-0.39, 0.29) is 41.0 Å². The molecule has 1 saturated carbocycles. The zero-order valence-corrected chi connectivity index (χ0v) is 19.4. The summed E-state index contributed by atoms with van der Waals surface area (Å²) in [6, 6.07) is 20.4. The number of alkyl carbamates (subject to hydrolysis) is 1. The van der Waals surface area contributed by atoms with Gasteiger partial charge >= 0.3 is 12.1 Å². The Labute approximate surface area is 207 Å². The van der Waals surface area contributed by atoms with Crippen molar-refractivity contribution >= 4 is 35.3 Å². The number of hydrogen-bond donors (Lipinski definition) is 3. The maximum Gasteiger partial charge on any atom is 0.407 e. The van der Waals surface area contributed by atoms with Gasteiger partial charge in [-0.25, -0.2) is 9.59 Å². The Bertz CT molecular complexity index is 1270. The molecule has 35 heavy (non-hydrogen) atoms. The highest BCUT2D eigenvalue weighted by Gasteiger charge is 2.36. The van der Waals surface area contributed by atoms with Crippen LogP contribution in [0, 0.1) is 5.92 Å². The Morgan fingerprint density at radius 1 is 0.943 bits per heavy atom. The van der Waals surface area contributed by atoms with Crippen LogP contribution in [-0.4, -0.2) is 35.7 Å². The van der Waals surface area contributed by atoms with E-state index in [1.165, 1.54) is 29.3 Å². The molecule has 8 heteroatoms. The zero-order chi connectivity index (χ0) is 24.5. The van der Waals surface area contributed by atoms with Gasteiger partial charge in [0.25, 0.3) is 0 Å². The molecule has 1 fully saturated rings. The van der Waals surface area contributed by atoms with E-state index >= 15 is 0 Å². The monoisotopic (exact) mass is 490 g/mol. The lowest BCUT2D eigenvalue weighted by atomic mass is 9.79. The van der Waals surface area contributed by atoms with E-state index in [0.29, 0.717) is 18.5 Å². The molecular formula is C27H23ClN2O5. The minimum Gasteiger partial charge on any atom is -0.478 e. The van der Waals surface area contributed by atoms with E-state index in [2.05, 4.69) is 34.9 Å². The van der Waals surface area contributed by atoms with Gasteiger partial charge in [-0.2, -0.15) is 0 Å². The minimum atomic E-state index is -1.13. The molecule has 3 N–H and O–H groups in total. The van der Waals surface area contributed by atoms with Crippen LogP contribution in [0.2, 0.25) is 5.02 Å². The smallest absolute Gasteiger partial charge is 0.407 e. The second-order valence-corrected chi connectivity index (χ2v) is 9.23. The van der Waals surface area contributed by atoms with Crippen molar-refractivity contribution in [3.05, 3.63) is 88.4 Å². The molecule has 0 bridgehead atoms. The quantitative estimate of drug-likeness (QED) is 0.435. The van der Waals surface area contributed by atoms with E-state index in [1.54, 1.807) is 0 Å². The molecule has 7 nitrogen and oxygen atoms in total. The molecule has 0 atom stereocenters. The van der Waals surface area contributed by atoms with Crippen LogP contribution in [0.15, 0.2) is 66.7 Å². The fourth-order valence-electron chi connectivity index (χ4n) is 4.77. The lowest BCUT2D eigenvalue weighted by molar-refractivity contribution is -0.122. The van der Waals surface area contributed by atoms with Crippen LogP contribution in [0.4, 0.5) is 10.5 Å². The number of aromatic carboxylic acids is 1. The van der Waals surface area contributed by atoms with Crippen LogP contribution in [0.1, 0.15) is 40.2 Å². The maximum atomic E-state index is 12.5. The third-order valence-corrected chi connectivity index (χ3v) is 6.95. The van der Waals surface area contributed by atoms with E-state index in [0.717, 1.165) is 11.1 Å². The van der Waals surface area contributed by atoms with Crippen molar-refractivity contribution in [2.75, 3.05) is 11.9 Å². The van der Waals surface area contributed by atoms with Gasteiger partial charge in [0, 0.05) is 23.6 Å². The van der Waals surface area contributed by atoms with Crippen LogP contribution in [0.3, 0.4) is 0 Å². The lowest BCUT2D eigenvalue weighted by Crippen LogP contribution is -2.48. The van der Waals surface area contributed by atoms with Gasteiger partial charge < -0.3 is 20.5 Å². The predicted molar refractivity (Wildman–Crippen MR) is 132 cm³/mol. The number of benzene rings is 3. The Kier molecular flexibility index (Phi) is 6.17. The van der Waals surface area contributed by atoms with Crippen molar-refractivity contribution in [3.63, 3.8) is 0 Å². The first kappa shape index (κ1) is 22.9. The minimum absolute atomic E-state index is 0.00703. The molecule has 3 aromatic rings. The topological polar surface area (TPSA) is 105 Å². The number of rotatable bonds is 6. The molecule has 2 aliphatic rings. The van der Waals surface area contributed by atoms with Gasteiger partial charge in [-0.05, 0) is 53.3 Å². The van der Waals surface area contributed by atoms with Crippen LogP contribution in [0.5, 0.6) is 0 Å². The molecule has 0 spiro atoms. The molecule has 3 aromatic carbocycles. The average Bonchev–Trinajstić information content (AvgIpc) is 3.13. The first-order valence-corrected chi connectivity index (χ1v) is 11.7. The number of carbonyl (C=O) groups excluding carboxylic acids is 2. The summed E-state index contributed by atoms with van der Waals surface area (Å²) in [4.78, 5) is 36.0. The number of carboxylic acids is 1. The van der Waals surface area contributed by atoms with E-state index < -0.39 is 12.1 Å². The SMILES string of the molecule is O=C(NC1CC(C(=O)Nc2ccc(C(=O)O)c(Cl)c2)C1)OCC1c2ccccc2-c2ccccc21. The summed E-state index contributed by atoms with van der Waals surface area (Å²) in [7, 11) is 0. The van der Waals surface area contributed by atoms with Gasteiger partial charge in [-0.3, -0.25) is 4.79 Å². The van der Waals surface area contributed by atoms with Crippen molar-refractivity contribution in [3.8, 4) is 11.1 Å². The number of nitrogens with one attached hydrogen (secondary N) is 2. The summed E-state index contributed by atoms with van der Waals surface area (Å²) in [5.74, 6) is -1.59. The fraction of sp³-hybridized carbons (Fsp3) is 0.222. The highest BCUT2D eigenvalue weighted by Crippen LogP contribution is 2.44. The van der Waals surface area contributed by atoms with E-state index in [1.807, 2.05) is 24.3 Å². The molecule has 5 rings (SSSR count). The van der Waals surface area contributed by atoms with Crippen LogP contribution in [-0.2, 0) is 9.53 Å². The molecule has 178 valence electrons. The number of amides is 2. The Morgan fingerprint density at radius 2 is 1.57 bits per heavy atom. The standard InChI is InChI=1S/C27H23ClN2O5/c28-24-13-16(9-10-22(24)26(32)33)29-25(31)15-11-17(12-15)30-27(34)35-14-23-20-7-3-1-5-18(20)19-6-2-4-8-21(19)23/h1-10,13,15,17,23H,11-12,14H2,(H,29,31)(H,30,34)(H,32,33). The third-order valence-electron chi connectivity index (χ3n) is 6.64. The van der Waals surface area contributed by atoms with Gasteiger partial charge in [0.15, 0.2) is 0 Å².